The summed E-state index contributed by atoms with van der Waals surface area (Å²) in [7, 11) is 1.91. The first-order valence-electron chi connectivity index (χ1n) is 6.93. The summed E-state index contributed by atoms with van der Waals surface area (Å²) < 4.78 is 4.11. The number of hydrogen-bond donors (Lipinski definition) is 1. The normalized spacial score (nSPS) is 11.2. The standard InChI is InChI=1S/C15H19N5/c1-19-14(12-17-18-19)11-16-8-4-9-20-10-7-13-5-2-3-6-15(13)20/h2-3,5-7,10,12,16H,4,8-9,11H2,1H3. The number of hydrogen-bond acceptors (Lipinski definition) is 3. The molecule has 5 heteroatoms. The fourth-order valence-corrected chi connectivity index (χ4v) is 2.40. The number of para-hydroxylation sites is 1. The second-order valence-corrected chi connectivity index (χ2v) is 4.95. The van der Waals surface area contributed by atoms with Gasteiger partial charge in [-0.15, -0.1) is 5.10 Å². The maximum absolute atomic E-state index is 3.91. The molecule has 0 aliphatic rings. The van der Waals surface area contributed by atoms with E-state index in [4.69, 9.17) is 0 Å². The Labute approximate surface area is 118 Å². The zero-order valence-electron chi connectivity index (χ0n) is 11.7. The van der Waals surface area contributed by atoms with Crippen LogP contribution in [0.1, 0.15) is 12.1 Å². The van der Waals surface area contributed by atoms with E-state index in [1.54, 1.807) is 10.9 Å². The molecule has 2 heterocycles. The molecule has 0 saturated heterocycles. The van der Waals surface area contributed by atoms with Gasteiger partial charge in [0.25, 0.3) is 0 Å². The summed E-state index contributed by atoms with van der Waals surface area (Å²) in [4.78, 5) is 0. The quantitative estimate of drug-likeness (QED) is 0.696. The Kier molecular flexibility index (Phi) is 3.78. The van der Waals surface area contributed by atoms with E-state index in [-0.39, 0.29) is 0 Å². The Hall–Kier alpha value is -2.14. The van der Waals surface area contributed by atoms with Crippen LogP contribution in [0.15, 0.2) is 42.7 Å². The monoisotopic (exact) mass is 269 g/mol. The molecule has 0 bridgehead atoms. The second kappa shape index (κ2) is 5.88. The van der Waals surface area contributed by atoms with Crippen LogP contribution in [0.25, 0.3) is 10.9 Å². The highest BCUT2D eigenvalue weighted by Crippen LogP contribution is 2.15. The minimum Gasteiger partial charge on any atom is -0.347 e. The average Bonchev–Trinajstić information content (AvgIpc) is 3.06. The van der Waals surface area contributed by atoms with Gasteiger partial charge in [0.2, 0.25) is 0 Å². The fourth-order valence-electron chi connectivity index (χ4n) is 2.40. The van der Waals surface area contributed by atoms with Gasteiger partial charge in [0.05, 0.1) is 11.9 Å². The van der Waals surface area contributed by atoms with Gasteiger partial charge in [0.15, 0.2) is 0 Å². The predicted octanol–water partition coefficient (Wildman–Crippen LogP) is 1.95. The van der Waals surface area contributed by atoms with Gasteiger partial charge in [-0.05, 0) is 30.5 Å². The molecule has 0 amide bonds. The van der Waals surface area contributed by atoms with E-state index in [0.717, 1.165) is 31.7 Å². The number of nitrogens with one attached hydrogen (secondary N) is 1. The average molecular weight is 269 g/mol. The van der Waals surface area contributed by atoms with Crippen LogP contribution in [0.5, 0.6) is 0 Å². The molecular weight excluding hydrogens is 250 g/mol. The summed E-state index contributed by atoms with van der Waals surface area (Å²) in [6.45, 7) is 2.83. The molecule has 0 radical (unpaired) electrons. The molecule has 0 unspecified atom stereocenters. The Balaban J connectivity index is 1.47. The van der Waals surface area contributed by atoms with Crippen molar-refractivity contribution < 1.29 is 0 Å². The van der Waals surface area contributed by atoms with Gasteiger partial charge >= 0.3 is 0 Å². The Morgan fingerprint density at radius 1 is 1.20 bits per heavy atom. The molecular formula is C15H19N5. The van der Waals surface area contributed by atoms with Crippen molar-refractivity contribution in [3.63, 3.8) is 0 Å². The van der Waals surface area contributed by atoms with E-state index >= 15 is 0 Å². The summed E-state index contributed by atoms with van der Waals surface area (Å²) in [6, 6.07) is 10.7. The third-order valence-electron chi connectivity index (χ3n) is 3.55. The summed E-state index contributed by atoms with van der Waals surface area (Å²) in [5.41, 5.74) is 2.42. The van der Waals surface area contributed by atoms with Crippen molar-refractivity contribution >= 4 is 10.9 Å². The van der Waals surface area contributed by atoms with E-state index in [9.17, 15) is 0 Å². The van der Waals surface area contributed by atoms with Crippen molar-refractivity contribution in [3.05, 3.63) is 48.4 Å². The lowest BCUT2D eigenvalue weighted by atomic mass is 10.2. The van der Waals surface area contributed by atoms with Gasteiger partial charge in [0, 0.05) is 31.9 Å². The highest BCUT2D eigenvalue weighted by molar-refractivity contribution is 5.79. The van der Waals surface area contributed by atoms with Gasteiger partial charge in [-0.2, -0.15) is 0 Å². The number of aromatic nitrogens is 4. The van der Waals surface area contributed by atoms with Gasteiger partial charge in [-0.1, -0.05) is 23.4 Å². The Bertz CT molecular complexity index is 682. The first-order valence-corrected chi connectivity index (χ1v) is 6.93. The van der Waals surface area contributed by atoms with Crippen LogP contribution in [-0.2, 0) is 20.1 Å². The van der Waals surface area contributed by atoms with E-state index in [0.29, 0.717) is 0 Å². The molecule has 0 aliphatic carbocycles. The number of rotatable bonds is 6. The smallest absolute Gasteiger partial charge is 0.0738 e. The van der Waals surface area contributed by atoms with Gasteiger partial charge in [0.1, 0.15) is 0 Å². The van der Waals surface area contributed by atoms with Gasteiger partial charge in [-0.3, -0.25) is 4.68 Å². The number of aryl methyl sites for hydroxylation is 2. The summed E-state index contributed by atoms with van der Waals surface area (Å²) in [6.07, 6.45) is 5.06. The summed E-state index contributed by atoms with van der Waals surface area (Å²) in [5, 5.41) is 12.5. The van der Waals surface area contributed by atoms with Crippen molar-refractivity contribution in [2.45, 2.75) is 19.5 Å². The summed E-state index contributed by atoms with van der Waals surface area (Å²) >= 11 is 0. The topological polar surface area (TPSA) is 47.7 Å². The number of nitrogens with zero attached hydrogens (tertiary/aromatic N) is 4. The van der Waals surface area contributed by atoms with Crippen LogP contribution in [0.2, 0.25) is 0 Å². The summed E-state index contributed by atoms with van der Waals surface area (Å²) in [5.74, 6) is 0. The molecule has 104 valence electrons. The molecule has 0 aliphatic heterocycles. The molecule has 3 aromatic rings. The maximum atomic E-state index is 3.91. The first kappa shape index (κ1) is 12.9. The second-order valence-electron chi connectivity index (χ2n) is 4.95. The van der Waals surface area contributed by atoms with Crippen molar-refractivity contribution in [1.29, 1.82) is 0 Å². The minimum atomic E-state index is 0.815. The van der Waals surface area contributed by atoms with Crippen LogP contribution in [0, 0.1) is 0 Å². The van der Waals surface area contributed by atoms with Gasteiger partial charge in [-0.25, -0.2) is 0 Å². The highest BCUT2D eigenvalue weighted by atomic mass is 15.4. The molecule has 0 atom stereocenters. The zero-order valence-corrected chi connectivity index (χ0v) is 11.7. The lowest BCUT2D eigenvalue weighted by molar-refractivity contribution is 0.569. The molecule has 0 fully saturated rings. The molecule has 2 aromatic heterocycles. The number of fused-ring (bicyclic) bond motifs is 1. The first-order chi connectivity index (χ1) is 9.84. The number of benzene rings is 1. The molecule has 0 saturated carbocycles. The van der Waals surface area contributed by atoms with Gasteiger partial charge < -0.3 is 9.88 Å². The lowest BCUT2D eigenvalue weighted by Gasteiger charge is -2.07. The van der Waals surface area contributed by atoms with Crippen molar-refractivity contribution in [1.82, 2.24) is 24.9 Å². The lowest BCUT2D eigenvalue weighted by Crippen LogP contribution is -2.18. The van der Waals surface area contributed by atoms with Crippen LogP contribution >= 0.6 is 0 Å². The molecule has 5 nitrogen and oxygen atoms in total. The maximum Gasteiger partial charge on any atom is 0.0738 e. The minimum absolute atomic E-state index is 0.815. The molecule has 1 aromatic carbocycles. The predicted molar refractivity (Wildman–Crippen MR) is 79.3 cm³/mol. The van der Waals surface area contributed by atoms with E-state index < -0.39 is 0 Å². The van der Waals surface area contributed by atoms with Crippen molar-refractivity contribution in [2.24, 2.45) is 7.05 Å². The Morgan fingerprint density at radius 2 is 2.10 bits per heavy atom. The third-order valence-corrected chi connectivity index (χ3v) is 3.55. The van der Waals surface area contributed by atoms with Crippen molar-refractivity contribution in [3.8, 4) is 0 Å². The Morgan fingerprint density at radius 3 is 2.95 bits per heavy atom. The van der Waals surface area contributed by atoms with Crippen LogP contribution in [-0.4, -0.2) is 26.1 Å². The van der Waals surface area contributed by atoms with E-state index in [1.165, 1.54) is 10.9 Å². The zero-order chi connectivity index (χ0) is 13.8. The molecule has 0 spiro atoms. The molecule has 3 rings (SSSR count). The van der Waals surface area contributed by atoms with E-state index in [2.05, 4.69) is 56.7 Å². The van der Waals surface area contributed by atoms with Crippen molar-refractivity contribution in [2.75, 3.05) is 6.54 Å². The van der Waals surface area contributed by atoms with Crippen LogP contribution < -0.4 is 5.32 Å². The molecule has 1 N–H and O–H groups in total. The van der Waals surface area contributed by atoms with Crippen LogP contribution in [0.4, 0.5) is 0 Å². The van der Waals surface area contributed by atoms with E-state index in [1.807, 2.05) is 7.05 Å². The largest absolute Gasteiger partial charge is 0.347 e. The fraction of sp³-hybridized carbons (Fsp3) is 0.333. The third kappa shape index (κ3) is 2.72. The SMILES string of the molecule is Cn1nncc1CNCCCn1ccc2ccccc21. The highest BCUT2D eigenvalue weighted by Gasteiger charge is 2.00. The van der Waals surface area contributed by atoms with Crippen LogP contribution in [0.3, 0.4) is 0 Å². The molecule has 20 heavy (non-hydrogen) atoms.